The summed E-state index contributed by atoms with van der Waals surface area (Å²) in [5.41, 5.74) is 0.579. The van der Waals surface area contributed by atoms with Crippen LogP contribution >= 0.6 is 11.8 Å². The Morgan fingerprint density at radius 1 is 1.30 bits per heavy atom. The minimum Gasteiger partial charge on any atom is -0.476 e. The molecule has 0 amide bonds. The van der Waals surface area contributed by atoms with Crippen LogP contribution in [0.3, 0.4) is 0 Å². The zero-order valence-corrected chi connectivity index (χ0v) is 12.8. The van der Waals surface area contributed by atoms with Crippen LogP contribution in [0.2, 0.25) is 0 Å². The summed E-state index contributed by atoms with van der Waals surface area (Å²) in [4.78, 5) is 16.3. The van der Waals surface area contributed by atoms with Crippen molar-refractivity contribution in [2.24, 2.45) is 10.2 Å². The lowest BCUT2D eigenvalue weighted by atomic mass is 10.3. The van der Waals surface area contributed by atoms with Gasteiger partial charge in [0, 0.05) is 11.1 Å². The third-order valence-electron chi connectivity index (χ3n) is 3.07. The van der Waals surface area contributed by atoms with Crippen LogP contribution in [0.15, 0.2) is 57.7 Å². The van der Waals surface area contributed by atoms with Gasteiger partial charge < -0.3 is 5.11 Å². The molecule has 6 nitrogen and oxygen atoms in total. The molecule has 8 heteroatoms. The van der Waals surface area contributed by atoms with Gasteiger partial charge in [-0.15, -0.1) is 22.0 Å². The maximum atomic E-state index is 13.4. The number of nitrogens with zero attached hydrogens (tertiary/aromatic N) is 4. The van der Waals surface area contributed by atoms with E-state index in [0.29, 0.717) is 5.69 Å². The molecule has 0 bridgehead atoms. The van der Waals surface area contributed by atoms with E-state index < -0.39 is 11.8 Å². The standard InChI is InChI=1S/C15H11FN4O2S/c1-23-11-4-2-3-10(7-11)18-19-14-13(15(21)22)17-12-6-5-9(16)8-20(12)14/h2-8H,1H3,(H,21,22). The Morgan fingerprint density at radius 2 is 2.13 bits per heavy atom. The number of hydrogen-bond acceptors (Lipinski definition) is 5. The Kier molecular flexibility index (Phi) is 4.07. The number of imidazole rings is 1. The van der Waals surface area contributed by atoms with Crippen molar-refractivity contribution in [3.8, 4) is 0 Å². The van der Waals surface area contributed by atoms with Gasteiger partial charge in [0.1, 0.15) is 11.5 Å². The van der Waals surface area contributed by atoms with E-state index in [2.05, 4.69) is 15.2 Å². The number of aromatic nitrogens is 2. The Morgan fingerprint density at radius 3 is 2.87 bits per heavy atom. The number of fused-ring (bicyclic) bond motifs is 1. The Labute approximate surface area is 134 Å². The van der Waals surface area contributed by atoms with Crippen molar-refractivity contribution < 1.29 is 14.3 Å². The van der Waals surface area contributed by atoms with E-state index in [4.69, 9.17) is 0 Å². The molecule has 2 aromatic heterocycles. The number of halogens is 1. The molecule has 2 heterocycles. The molecule has 116 valence electrons. The summed E-state index contributed by atoms with van der Waals surface area (Å²) in [7, 11) is 0. The number of thioether (sulfide) groups is 1. The Bertz CT molecular complexity index is 923. The lowest BCUT2D eigenvalue weighted by molar-refractivity contribution is 0.0692. The Hall–Kier alpha value is -2.74. The quantitative estimate of drug-likeness (QED) is 0.571. The fourth-order valence-corrected chi connectivity index (χ4v) is 2.48. The number of hydrogen-bond donors (Lipinski definition) is 1. The highest BCUT2D eigenvalue weighted by molar-refractivity contribution is 7.98. The molecule has 0 atom stereocenters. The lowest BCUT2D eigenvalue weighted by Crippen LogP contribution is -1.96. The van der Waals surface area contributed by atoms with E-state index in [1.807, 2.05) is 24.5 Å². The van der Waals surface area contributed by atoms with E-state index in [0.717, 1.165) is 11.1 Å². The first-order valence-corrected chi connectivity index (χ1v) is 7.77. The molecular formula is C15H11FN4O2S. The summed E-state index contributed by atoms with van der Waals surface area (Å²) in [6, 6.07) is 9.90. The summed E-state index contributed by atoms with van der Waals surface area (Å²) in [6.07, 6.45) is 3.06. The predicted molar refractivity (Wildman–Crippen MR) is 84.5 cm³/mol. The number of azo groups is 1. The summed E-state index contributed by atoms with van der Waals surface area (Å²) in [6.45, 7) is 0. The van der Waals surface area contributed by atoms with Gasteiger partial charge in [-0.25, -0.2) is 14.2 Å². The number of carbonyl (C=O) groups is 1. The second-order valence-corrected chi connectivity index (χ2v) is 5.45. The fraction of sp³-hybridized carbons (Fsp3) is 0.0667. The topological polar surface area (TPSA) is 79.3 Å². The summed E-state index contributed by atoms with van der Waals surface area (Å²) < 4.78 is 14.7. The third kappa shape index (κ3) is 3.07. The minimum absolute atomic E-state index is 0.0263. The van der Waals surface area contributed by atoms with Crippen molar-refractivity contribution in [1.29, 1.82) is 0 Å². The van der Waals surface area contributed by atoms with E-state index in [9.17, 15) is 14.3 Å². The van der Waals surface area contributed by atoms with Gasteiger partial charge in [0.2, 0.25) is 0 Å². The van der Waals surface area contributed by atoms with Crippen molar-refractivity contribution in [2.75, 3.05) is 6.26 Å². The SMILES string of the molecule is CSc1cccc(N=Nc2c(C(=O)O)nc3ccc(F)cn23)c1. The molecule has 1 N–H and O–H groups in total. The van der Waals surface area contributed by atoms with Gasteiger partial charge in [-0.2, -0.15) is 0 Å². The van der Waals surface area contributed by atoms with Crippen molar-refractivity contribution in [3.05, 3.63) is 54.1 Å². The van der Waals surface area contributed by atoms with E-state index in [-0.39, 0.29) is 17.2 Å². The minimum atomic E-state index is -1.25. The molecule has 0 saturated heterocycles. The molecule has 0 aliphatic carbocycles. The molecule has 23 heavy (non-hydrogen) atoms. The maximum absolute atomic E-state index is 13.4. The molecular weight excluding hydrogens is 319 g/mol. The van der Waals surface area contributed by atoms with Crippen molar-refractivity contribution in [1.82, 2.24) is 9.38 Å². The molecule has 0 aliphatic rings. The highest BCUT2D eigenvalue weighted by Crippen LogP contribution is 2.26. The smallest absolute Gasteiger partial charge is 0.358 e. The van der Waals surface area contributed by atoms with Gasteiger partial charge in [0.05, 0.1) is 5.69 Å². The van der Waals surface area contributed by atoms with Crippen LogP contribution in [-0.2, 0) is 0 Å². The molecule has 0 spiro atoms. The first-order chi connectivity index (χ1) is 11.1. The van der Waals surface area contributed by atoms with Crippen LogP contribution in [0.1, 0.15) is 10.5 Å². The van der Waals surface area contributed by atoms with Gasteiger partial charge in [-0.1, -0.05) is 6.07 Å². The highest BCUT2D eigenvalue weighted by atomic mass is 32.2. The van der Waals surface area contributed by atoms with E-state index in [1.165, 1.54) is 16.5 Å². The fourth-order valence-electron chi connectivity index (χ4n) is 2.02. The van der Waals surface area contributed by atoms with Crippen LogP contribution in [-0.4, -0.2) is 26.7 Å². The largest absolute Gasteiger partial charge is 0.476 e. The number of aromatic carboxylic acids is 1. The predicted octanol–water partition coefficient (Wildman–Crippen LogP) is 4.31. The average molecular weight is 330 g/mol. The second-order valence-electron chi connectivity index (χ2n) is 4.57. The normalized spacial score (nSPS) is 11.4. The number of pyridine rings is 1. The van der Waals surface area contributed by atoms with Crippen LogP contribution in [0, 0.1) is 5.82 Å². The second kappa shape index (κ2) is 6.17. The molecule has 3 aromatic rings. The molecule has 0 aliphatic heterocycles. The first-order valence-electron chi connectivity index (χ1n) is 6.55. The molecule has 1 aromatic carbocycles. The van der Waals surface area contributed by atoms with Crippen molar-refractivity contribution in [2.45, 2.75) is 4.90 Å². The molecule has 0 radical (unpaired) electrons. The summed E-state index contributed by atoms with van der Waals surface area (Å²) in [5, 5.41) is 17.3. The van der Waals surface area contributed by atoms with Crippen LogP contribution < -0.4 is 0 Å². The number of rotatable bonds is 4. The average Bonchev–Trinajstić information content (AvgIpc) is 2.91. The molecule has 0 fully saturated rings. The maximum Gasteiger partial charge on any atom is 0.358 e. The lowest BCUT2D eigenvalue weighted by Gasteiger charge is -1.98. The summed E-state index contributed by atoms with van der Waals surface area (Å²) in [5.74, 6) is -1.80. The highest BCUT2D eigenvalue weighted by Gasteiger charge is 2.18. The Balaban J connectivity index is 2.10. The zero-order valence-electron chi connectivity index (χ0n) is 12.0. The van der Waals surface area contributed by atoms with Crippen LogP contribution in [0.5, 0.6) is 0 Å². The van der Waals surface area contributed by atoms with Gasteiger partial charge in [0.15, 0.2) is 11.5 Å². The zero-order chi connectivity index (χ0) is 16.4. The van der Waals surface area contributed by atoms with E-state index in [1.54, 1.807) is 17.8 Å². The van der Waals surface area contributed by atoms with Gasteiger partial charge in [-0.3, -0.25) is 4.40 Å². The van der Waals surface area contributed by atoms with Crippen molar-refractivity contribution >= 4 is 34.9 Å². The van der Waals surface area contributed by atoms with Crippen LogP contribution in [0.25, 0.3) is 5.65 Å². The van der Waals surface area contributed by atoms with Gasteiger partial charge in [-0.05, 0) is 36.6 Å². The number of carboxylic acids is 1. The third-order valence-corrected chi connectivity index (χ3v) is 3.80. The first kappa shape index (κ1) is 15.2. The number of carboxylic acid groups (broad SMARTS) is 1. The van der Waals surface area contributed by atoms with E-state index >= 15 is 0 Å². The molecule has 3 rings (SSSR count). The molecule has 0 unspecified atom stereocenters. The van der Waals surface area contributed by atoms with Crippen molar-refractivity contribution in [3.63, 3.8) is 0 Å². The van der Waals surface area contributed by atoms with Crippen LogP contribution in [0.4, 0.5) is 15.9 Å². The molecule has 0 saturated carbocycles. The summed E-state index contributed by atoms with van der Waals surface area (Å²) >= 11 is 1.56. The number of benzene rings is 1. The van der Waals surface area contributed by atoms with Gasteiger partial charge in [0.25, 0.3) is 0 Å². The monoisotopic (exact) mass is 330 g/mol. The van der Waals surface area contributed by atoms with Gasteiger partial charge >= 0.3 is 5.97 Å².